The van der Waals surface area contributed by atoms with Gasteiger partial charge in [-0.3, -0.25) is 23.9 Å². The number of hydrogen-bond donors (Lipinski definition) is 1. The second kappa shape index (κ2) is 10.8. The zero-order valence-electron chi connectivity index (χ0n) is 20.3. The van der Waals surface area contributed by atoms with Gasteiger partial charge in [0, 0.05) is 48.8 Å². The SMILES string of the molecule is NC(=O)C1CCN(C(=O)c2ccc3c(=O)n(C4CCCCC4)c(SCc4ccncc4)nc3c2)CC1. The van der Waals surface area contributed by atoms with Crippen molar-refractivity contribution < 1.29 is 9.59 Å². The van der Waals surface area contributed by atoms with Crippen LogP contribution in [0.15, 0.2) is 52.7 Å². The van der Waals surface area contributed by atoms with E-state index in [0.29, 0.717) is 53.3 Å². The lowest BCUT2D eigenvalue weighted by Gasteiger charge is -2.30. The average Bonchev–Trinajstić information content (AvgIpc) is 2.92. The number of aromatic nitrogens is 3. The average molecular weight is 506 g/mol. The third kappa shape index (κ3) is 5.16. The van der Waals surface area contributed by atoms with Gasteiger partial charge in [0.2, 0.25) is 5.91 Å². The number of benzene rings is 1. The second-order valence-corrected chi connectivity index (χ2v) is 10.6. The highest BCUT2D eigenvalue weighted by Crippen LogP contribution is 2.32. The second-order valence-electron chi connectivity index (χ2n) is 9.71. The number of carbonyl (C=O) groups is 2. The Balaban J connectivity index is 1.47. The van der Waals surface area contributed by atoms with Crippen LogP contribution < -0.4 is 11.3 Å². The minimum absolute atomic E-state index is 0.0367. The molecule has 2 N–H and O–H groups in total. The minimum Gasteiger partial charge on any atom is -0.369 e. The molecular formula is C27H31N5O3S. The van der Waals surface area contributed by atoms with E-state index in [4.69, 9.17) is 10.7 Å². The van der Waals surface area contributed by atoms with E-state index in [1.807, 2.05) is 16.7 Å². The molecule has 5 rings (SSSR count). The van der Waals surface area contributed by atoms with E-state index in [0.717, 1.165) is 31.2 Å². The summed E-state index contributed by atoms with van der Waals surface area (Å²) in [6.45, 7) is 0.989. The van der Waals surface area contributed by atoms with Crippen molar-refractivity contribution in [3.63, 3.8) is 0 Å². The van der Waals surface area contributed by atoms with Crippen molar-refractivity contribution >= 4 is 34.5 Å². The number of nitrogens with zero attached hydrogens (tertiary/aromatic N) is 4. The van der Waals surface area contributed by atoms with Gasteiger partial charge in [0.15, 0.2) is 5.16 Å². The van der Waals surface area contributed by atoms with Gasteiger partial charge >= 0.3 is 0 Å². The molecule has 1 aromatic carbocycles. The molecule has 2 aromatic heterocycles. The highest BCUT2D eigenvalue weighted by molar-refractivity contribution is 7.98. The first-order valence-electron chi connectivity index (χ1n) is 12.7. The van der Waals surface area contributed by atoms with Crippen molar-refractivity contribution in [3.05, 3.63) is 64.2 Å². The summed E-state index contributed by atoms with van der Waals surface area (Å²) >= 11 is 1.55. The van der Waals surface area contributed by atoms with E-state index < -0.39 is 0 Å². The minimum atomic E-state index is -0.303. The topological polar surface area (TPSA) is 111 Å². The Labute approximate surface area is 214 Å². The smallest absolute Gasteiger partial charge is 0.262 e. The molecule has 9 heteroatoms. The molecule has 1 aliphatic heterocycles. The van der Waals surface area contributed by atoms with Crippen LogP contribution in [-0.2, 0) is 10.5 Å². The fourth-order valence-corrected chi connectivity index (χ4v) is 6.27. The van der Waals surface area contributed by atoms with E-state index in [2.05, 4.69) is 4.98 Å². The van der Waals surface area contributed by atoms with Gasteiger partial charge in [-0.1, -0.05) is 31.0 Å². The molecule has 1 saturated heterocycles. The number of carbonyl (C=O) groups excluding carboxylic acids is 2. The maximum Gasteiger partial charge on any atom is 0.262 e. The van der Waals surface area contributed by atoms with Gasteiger partial charge in [-0.15, -0.1) is 0 Å². The third-order valence-corrected chi connectivity index (χ3v) is 8.38. The Morgan fingerprint density at radius 3 is 2.42 bits per heavy atom. The van der Waals surface area contributed by atoms with Crippen molar-refractivity contribution in [2.45, 2.75) is 61.9 Å². The molecule has 1 aliphatic carbocycles. The van der Waals surface area contributed by atoms with Gasteiger partial charge in [0.05, 0.1) is 10.9 Å². The first-order valence-corrected chi connectivity index (χ1v) is 13.7. The lowest BCUT2D eigenvalue weighted by molar-refractivity contribution is -0.123. The Morgan fingerprint density at radius 1 is 1.00 bits per heavy atom. The maximum atomic E-state index is 13.7. The molecule has 0 unspecified atom stereocenters. The van der Waals surface area contributed by atoms with Crippen LogP contribution >= 0.6 is 11.8 Å². The summed E-state index contributed by atoms with van der Waals surface area (Å²) < 4.78 is 1.89. The van der Waals surface area contributed by atoms with Crippen LogP contribution in [0, 0.1) is 5.92 Å². The Kier molecular flexibility index (Phi) is 7.36. The quantitative estimate of drug-likeness (QED) is 0.401. The van der Waals surface area contributed by atoms with E-state index >= 15 is 0 Å². The molecule has 8 nitrogen and oxygen atoms in total. The molecule has 3 aromatic rings. The summed E-state index contributed by atoms with van der Waals surface area (Å²) in [7, 11) is 0. The van der Waals surface area contributed by atoms with Gasteiger partial charge in [0.1, 0.15) is 0 Å². The van der Waals surface area contributed by atoms with Crippen molar-refractivity contribution in [2.75, 3.05) is 13.1 Å². The first kappa shape index (κ1) is 24.5. The van der Waals surface area contributed by atoms with E-state index in [-0.39, 0.29) is 29.3 Å². The molecular weight excluding hydrogens is 474 g/mol. The number of piperidine rings is 1. The van der Waals surface area contributed by atoms with E-state index in [9.17, 15) is 14.4 Å². The molecule has 0 bridgehead atoms. The number of thioether (sulfide) groups is 1. The fourth-order valence-electron chi connectivity index (χ4n) is 5.25. The predicted molar refractivity (Wildman–Crippen MR) is 140 cm³/mol. The molecule has 188 valence electrons. The molecule has 2 amide bonds. The molecule has 1 saturated carbocycles. The molecule has 0 radical (unpaired) electrons. The van der Waals surface area contributed by atoms with Crippen LogP contribution in [0.2, 0.25) is 0 Å². The van der Waals surface area contributed by atoms with Crippen LogP contribution in [0.3, 0.4) is 0 Å². The van der Waals surface area contributed by atoms with Gasteiger partial charge in [-0.05, 0) is 61.6 Å². The molecule has 36 heavy (non-hydrogen) atoms. The summed E-state index contributed by atoms with van der Waals surface area (Å²) in [4.78, 5) is 49.1. The summed E-state index contributed by atoms with van der Waals surface area (Å²) in [6.07, 6.45) is 10.1. The molecule has 2 fully saturated rings. The van der Waals surface area contributed by atoms with E-state index in [1.54, 1.807) is 47.3 Å². The van der Waals surface area contributed by atoms with Crippen molar-refractivity contribution in [1.29, 1.82) is 0 Å². The predicted octanol–water partition coefficient (Wildman–Crippen LogP) is 3.93. The fraction of sp³-hybridized carbons (Fsp3) is 0.444. The van der Waals surface area contributed by atoms with Crippen molar-refractivity contribution in [3.8, 4) is 0 Å². The highest BCUT2D eigenvalue weighted by Gasteiger charge is 2.27. The highest BCUT2D eigenvalue weighted by atomic mass is 32.2. The lowest BCUT2D eigenvalue weighted by Crippen LogP contribution is -2.41. The Hall–Kier alpha value is -3.20. The summed E-state index contributed by atoms with van der Waals surface area (Å²) in [5.74, 6) is 0.0957. The zero-order chi connectivity index (χ0) is 25.1. The van der Waals surface area contributed by atoms with Crippen LogP contribution in [0.4, 0.5) is 0 Å². The van der Waals surface area contributed by atoms with Gasteiger partial charge in [0.25, 0.3) is 11.5 Å². The molecule has 0 spiro atoms. The number of pyridine rings is 1. The number of likely N-dealkylation sites (tertiary alicyclic amines) is 1. The van der Waals surface area contributed by atoms with E-state index in [1.165, 1.54) is 6.42 Å². The summed E-state index contributed by atoms with van der Waals surface area (Å²) in [5, 5.41) is 1.24. The number of fused-ring (bicyclic) bond motifs is 1. The van der Waals surface area contributed by atoms with Gasteiger partial charge in [-0.2, -0.15) is 0 Å². The van der Waals surface area contributed by atoms with Gasteiger partial charge in [-0.25, -0.2) is 4.98 Å². The Bertz CT molecular complexity index is 1310. The maximum absolute atomic E-state index is 13.7. The lowest BCUT2D eigenvalue weighted by atomic mass is 9.95. The van der Waals surface area contributed by atoms with Crippen molar-refractivity contribution in [2.24, 2.45) is 11.7 Å². The monoisotopic (exact) mass is 505 g/mol. The van der Waals surface area contributed by atoms with Crippen LogP contribution in [-0.4, -0.2) is 44.3 Å². The first-order chi connectivity index (χ1) is 17.5. The third-order valence-electron chi connectivity index (χ3n) is 7.36. The van der Waals surface area contributed by atoms with Gasteiger partial charge < -0.3 is 10.6 Å². The summed E-state index contributed by atoms with van der Waals surface area (Å²) in [5.41, 5.74) is 7.56. The number of hydrogen-bond acceptors (Lipinski definition) is 6. The Morgan fingerprint density at radius 2 is 1.72 bits per heavy atom. The molecule has 0 atom stereocenters. The molecule has 3 heterocycles. The largest absolute Gasteiger partial charge is 0.369 e. The molecule has 2 aliphatic rings. The van der Waals surface area contributed by atoms with Crippen LogP contribution in [0.5, 0.6) is 0 Å². The normalized spacial score (nSPS) is 17.4. The van der Waals surface area contributed by atoms with Crippen molar-refractivity contribution in [1.82, 2.24) is 19.4 Å². The number of amides is 2. The van der Waals surface area contributed by atoms with Crippen LogP contribution in [0.1, 0.15) is 66.9 Å². The zero-order valence-corrected chi connectivity index (χ0v) is 21.1. The number of rotatable bonds is 6. The standard InChI is InChI=1S/C27H31N5O3S/c28-24(33)19-10-14-31(15-11-19)25(34)20-6-7-22-23(16-20)30-27(36-17-18-8-12-29-13-9-18)32(26(22)35)21-4-2-1-3-5-21/h6-9,12-13,16,19,21H,1-5,10-11,14-15,17H2,(H2,28,33). The number of primary amides is 1. The summed E-state index contributed by atoms with van der Waals surface area (Å²) in [6, 6.07) is 9.29. The number of nitrogens with two attached hydrogens (primary N) is 1. The van der Waals surface area contributed by atoms with Crippen LogP contribution in [0.25, 0.3) is 10.9 Å².